The van der Waals surface area contributed by atoms with Gasteiger partial charge in [0.15, 0.2) is 5.96 Å². The van der Waals surface area contributed by atoms with Crippen molar-refractivity contribution in [3.63, 3.8) is 0 Å². The normalized spacial score (nSPS) is 16.7. The van der Waals surface area contributed by atoms with Gasteiger partial charge < -0.3 is 15.0 Å². The summed E-state index contributed by atoms with van der Waals surface area (Å²) in [5.74, 6) is 2.21. The minimum absolute atomic E-state index is 0. The van der Waals surface area contributed by atoms with Crippen LogP contribution in [-0.2, 0) is 4.74 Å². The Morgan fingerprint density at radius 1 is 1.31 bits per heavy atom. The smallest absolute Gasteiger partial charge is 0.193 e. The van der Waals surface area contributed by atoms with E-state index in [1.807, 2.05) is 19.2 Å². The molecule has 1 aliphatic rings. The Morgan fingerprint density at radius 3 is 2.54 bits per heavy atom. The van der Waals surface area contributed by atoms with Crippen molar-refractivity contribution >= 4 is 41.5 Å². The molecule has 2 rings (SSSR count). The molecule has 0 spiro atoms. The lowest BCUT2D eigenvalue weighted by Crippen LogP contribution is -2.41. The number of aliphatic imine (C=N–C) groups is 1. The van der Waals surface area contributed by atoms with E-state index in [9.17, 15) is 0 Å². The largest absolute Gasteiger partial charge is 0.381 e. The first-order valence-corrected chi connectivity index (χ1v) is 9.76. The molecule has 1 unspecified atom stereocenters. The highest BCUT2D eigenvalue weighted by atomic mass is 127. The van der Waals surface area contributed by atoms with Gasteiger partial charge in [0.05, 0.1) is 0 Å². The summed E-state index contributed by atoms with van der Waals surface area (Å²) in [7, 11) is 3.98. The Labute approximate surface area is 180 Å². The van der Waals surface area contributed by atoms with Crippen molar-refractivity contribution in [1.82, 2.24) is 10.2 Å². The average Bonchev–Trinajstić information content (AvgIpc) is 2.65. The minimum Gasteiger partial charge on any atom is -0.381 e. The zero-order valence-corrected chi connectivity index (χ0v) is 19.3. The van der Waals surface area contributed by atoms with Crippen LogP contribution in [0.5, 0.6) is 0 Å². The lowest BCUT2D eigenvalue weighted by molar-refractivity contribution is 0.0625. The van der Waals surface area contributed by atoms with Crippen LogP contribution in [0.15, 0.2) is 29.3 Å². The first kappa shape index (κ1) is 23.5. The van der Waals surface area contributed by atoms with Crippen molar-refractivity contribution in [1.29, 1.82) is 0 Å². The minimum atomic E-state index is 0. The van der Waals surface area contributed by atoms with E-state index in [2.05, 4.69) is 41.3 Å². The van der Waals surface area contributed by atoms with E-state index in [4.69, 9.17) is 16.3 Å². The van der Waals surface area contributed by atoms with Crippen LogP contribution in [0.4, 0.5) is 0 Å². The molecular weight excluding hydrogens is 461 g/mol. The number of ether oxygens (including phenoxy) is 1. The molecule has 0 aromatic heterocycles. The summed E-state index contributed by atoms with van der Waals surface area (Å²) in [6.45, 7) is 5.97. The molecule has 4 nitrogen and oxygen atoms in total. The first-order valence-electron chi connectivity index (χ1n) is 9.39. The van der Waals surface area contributed by atoms with Crippen LogP contribution >= 0.6 is 35.6 Å². The zero-order valence-electron chi connectivity index (χ0n) is 16.2. The van der Waals surface area contributed by atoms with Crippen molar-refractivity contribution in [3.8, 4) is 0 Å². The average molecular weight is 494 g/mol. The molecule has 1 fully saturated rings. The van der Waals surface area contributed by atoms with Gasteiger partial charge in [-0.25, -0.2) is 0 Å². The standard InChI is InChI=1S/C20H32ClN3O.HI/c1-4-17(18-5-7-19(21)8-6-18)15-23-20(22-2)24(3)12-9-16-10-13-25-14-11-16;/h5-8,16-17H,4,9-15H2,1-3H3,(H,22,23);1H. The number of rotatable bonds is 7. The van der Waals surface area contributed by atoms with Crippen LogP contribution in [0.25, 0.3) is 0 Å². The highest BCUT2D eigenvalue weighted by molar-refractivity contribution is 14.0. The number of hydrogen-bond donors (Lipinski definition) is 1. The molecule has 1 aliphatic heterocycles. The highest BCUT2D eigenvalue weighted by Gasteiger charge is 2.16. The summed E-state index contributed by atoms with van der Waals surface area (Å²) in [6, 6.07) is 8.17. The summed E-state index contributed by atoms with van der Waals surface area (Å²) in [6.07, 6.45) is 4.66. The molecule has 26 heavy (non-hydrogen) atoms. The van der Waals surface area contributed by atoms with E-state index in [0.29, 0.717) is 5.92 Å². The molecule has 0 radical (unpaired) electrons. The van der Waals surface area contributed by atoms with Crippen LogP contribution in [-0.4, -0.2) is 51.3 Å². The molecule has 148 valence electrons. The van der Waals surface area contributed by atoms with Crippen molar-refractivity contribution in [2.75, 3.05) is 40.4 Å². The maximum atomic E-state index is 6.00. The predicted octanol–water partition coefficient (Wildman–Crippen LogP) is 4.78. The van der Waals surface area contributed by atoms with Gasteiger partial charge in [-0.15, -0.1) is 24.0 Å². The third-order valence-electron chi connectivity index (χ3n) is 5.13. The Morgan fingerprint density at radius 2 is 1.96 bits per heavy atom. The Bertz CT molecular complexity index is 532. The Balaban J connectivity index is 0.00000338. The van der Waals surface area contributed by atoms with Gasteiger partial charge in [0.1, 0.15) is 0 Å². The Hall–Kier alpha value is -0.530. The fourth-order valence-electron chi connectivity index (χ4n) is 3.35. The van der Waals surface area contributed by atoms with Gasteiger partial charge in [0.25, 0.3) is 0 Å². The fourth-order valence-corrected chi connectivity index (χ4v) is 3.48. The Kier molecular flexibility index (Phi) is 11.6. The second kappa shape index (κ2) is 12.8. The quantitative estimate of drug-likeness (QED) is 0.337. The molecule has 1 aromatic carbocycles. The van der Waals surface area contributed by atoms with Crippen LogP contribution in [0.2, 0.25) is 5.02 Å². The number of nitrogens with zero attached hydrogens (tertiary/aromatic N) is 2. The molecule has 0 bridgehead atoms. The van der Waals surface area contributed by atoms with Crippen LogP contribution in [0.3, 0.4) is 0 Å². The predicted molar refractivity (Wildman–Crippen MR) is 122 cm³/mol. The van der Waals surface area contributed by atoms with Crippen LogP contribution in [0, 0.1) is 5.92 Å². The molecule has 0 aliphatic carbocycles. The topological polar surface area (TPSA) is 36.9 Å². The molecule has 1 atom stereocenters. The van der Waals surface area contributed by atoms with Gasteiger partial charge >= 0.3 is 0 Å². The fraction of sp³-hybridized carbons (Fsp3) is 0.650. The molecule has 0 amide bonds. The van der Waals surface area contributed by atoms with Gasteiger partial charge in [0.2, 0.25) is 0 Å². The van der Waals surface area contributed by atoms with E-state index in [1.54, 1.807) is 0 Å². The van der Waals surface area contributed by atoms with Gasteiger partial charge in [-0.3, -0.25) is 4.99 Å². The van der Waals surface area contributed by atoms with Gasteiger partial charge in [0, 0.05) is 51.3 Å². The molecule has 1 N–H and O–H groups in total. The monoisotopic (exact) mass is 493 g/mol. The van der Waals surface area contributed by atoms with Crippen molar-refractivity contribution in [2.45, 2.75) is 38.5 Å². The van der Waals surface area contributed by atoms with E-state index < -0.39 is 0 Å². The molecule has 6 heteroatoms. The lowest BCUT2D eigenvalue weighted by atomic mass is 9.96. The molecule has 1 saturated heterocycles. The van der Waals surface area contributed by atoms with Crippen molar-refractivity contribution < 1.29 is 4.74 Å². The van der Waals surface area contributed by atoms with Gasteiger partial charge in [-0.1, -0.05) is 30.7 Å². The van der Waals surface area contributed by atoms with Gasteiger partial charge in [-0.05, 0) is 49.3 Å². The second-order valence-electron chi connectivity index (χ2n) is 6.85. The summed E-state index contributed by atoms with van der Waals surface area (Å²) in [4.78, 5) is 6.69. The molecule has 1 heterocycles. The van der Waals surface area contributed by atoms with E-state index in [1.165, 1.54) is 24.8 Å². The molecule has 1 aromatic rings. The maximum absolute atomic E-state index is 6.00. The van der Waals surface area contributed by atoms with Crippen molar-refractivity contribution in [2.24, 2.45) is 10.9 Å². The first-order chi connectivity index (χ1) is 12.1. The van der Waals surface area contributed by atoms with Crippen molar-refractivity contribution in [3.05, 3.63) is 34.9 Å². The number of hydrogen-bond acceptors (Lipinski definition) is 2. The third-order valence-corrected chi connectivity index (χ3v) is 5.38. The summed E-state index contributed by atoms with van der Waals surface area (Å²) >= 11 is 6.00. The van der Waals surface area contributed by atoms with E-state index in [-0.39, 0.29) is 24.0 Å². The second-order valence-corrected chi connectivity index (χ2v) is 7.29. The van der Waals surface area contributed by atoms with E-state index >= 15 is 0 Å². The van der Waals surface area contributed by atoms with Gasteiger partial charge in [-0.2, -0.15) is 0 Å². The third kappa shape index (κ3) is 7.61. The summed E-state index contributed by atoms with van der Waals surface area (Å²) < 4.78 is 5.44. The maximum Gasteiger partial charge on any atom is 0.193 e. The molecule has 0 saturated carbocycles. The van der Waals surface area contributed by atoms with Crippen LogP contribution < -0.4 is 5.32 Å². The van der Waals surface area contributed by atoms with Crippen LogP contribution in [0.1, 0.15) is 44.1 Å². The number of nitrogens with one attached hydrogen (secondary N) is 1. The highest BCUT2D eigenvalue weighted by Crippen LogP contribution is 2.21. The number of guanidine groups is 1. The summed E-state index contributed by atoms with van der Waals surface area (Å²) in [5.41, 5.74) is 1.32. The van der Waals surface area contributed by atoms with E-state index in [0.717, 1.165) is 49.6 Å². The molecular formula is C20H33ClIN3O. The SMILES string of the molecule is CCC(CNC(=NC)N(C)CCC1CCOCC1)c1ccc(Cl)cc1.I. The lowest BCUT2D eigenvalue weighted by Gasteiger charge is -2.27. The number of halogens is 2. The zero-order chi connectivity index (χ0) is 18.1. The number of benzene rings is 1. The summed E-state index contributed by atoms with van der Waals surface area (Å²) in [5, 5.41) is 4.33.